The number of aromatic nitrogens is 2. The zero-order chi connectivity index (χ0) is 26.8. The molecule has 0 saturated carbocycles. The number of thioether (sulfide) groups is 1. The predicted molar refractivity (Wildman–Crippen MR) is 136 cm³/mol. The number of nitrogens with zero attached hydrogens (tertiary/aromatic N) is 3. The molecule has 0 spiro atoms. The Morgan fingerprint density at radius 1 is 1.11 bits per heavy atom. The largest absolute Gasteiger partial charge is 0.504 e. The number of benzene rings is 1. The van der Waals surface area contributed by atoms with Gasteiger partial charge in [-0.1, -0.05) is 71.0 Å². The fraction of sp³-hybridized carbons (Fsp3) is 0.455. The van der Waals surface area contributed by atoms with E-state index < -0.39 is 31.3 Å². The average Bonchev–Trinajstić information content (AvgIpc) is 3.23. The van der Waals surface area contributed by atoms with Gasteiger partial charge >= 0.3 is 5.97 Å². The average molecular weight is 545 g/mol. The molecule has 0 fully saturated rings. The van der Waals surface area contributed by atoms with E-state index in [1.165, 1.54) is 12.1 Å². The maximum atomic E-state index is 11.7. The first-order valence-corrected chi connectivity index (χ1v) is 13.6. The summed E-state index contributed by atoms with van der Waals surface area (Å²) in [4.78, 5) is 23.1. The number of halogens is 1. The molecule has 2 aromatic rings. The van der Waals surface area contributed by atoms with Crippen LogP contribution in [0.2, 0.25) is 5.02 Å². The highest BCUT2D eigenvalue weighted by Gasteiger charge is 2.34. The first kappa shape index (κ1) is 28.8. The molecule has 192 valence electrons. The number of carbonyl (C=O) groups is 1. The van der Waals surface area contributed by atoms with E-state index in [4.69, 9.17) is 16.9 Å². The quantitative estimate of drug-likeness (QED) is 0.381. The normalized spacial score (nSPS) is 16.0. The highest BCUT2D eigenvalue weighted by Crippen LogP contribution is 2.37. The molecule has 0 aliphatic carbocycles. The first-order chi connectivity index (χ1) is 15.9. The van der Waals surface area contributed by atoms with Gasteiger partial charge in [0.05, 0.1) is 17.0 Å². The zero-order valence-corrected chi connectivity index (χ0v) is 22.8. The third kappa shape index (κ3) is 7.53. The van der Waals surface area contributed by atoms with Crippen LogP contribution >= 0.6 is 23.4 Å². The molecule has 1 aromatic heterocycles. The molecule has 0 radical (unpaired) electrons. The van der Waals surface area contributed by atoms with Crippen molar-refractivity contribution in [1.29, 1.82) is 0 Å². The Labute approximate surface area is 214 Å². The molecule has 0 amide bonds. The molecule has 0 bridgehead atoms. The lowest BCUT2D eigenvalue weighted by atomic mass is 9.85. The minimum Gasteiger partial charge on any atom is -0.504 e. The smallest absolute Gasteiger partial charge is 0.372 e. The number of hydrogen-bond acceptors (Lipinski definition) is 11. The molecule has 3 rings (SSSR count). The number of hydrazone groups is 1. The van der Waals surface area contributed by atoms with Crippen molar-refractivity contribution in [3.63, 3.8) is 0 Å². The highest BCUT2D eigenvalue weighted by atomic mass is 35.5. The van der Waals surface area contributed by atoms with E-state index in [2.05, 4.69) is 25.4 Å². The molecule has 1 unspecified atom stereocenters. The monoisotopic (exact) mass is 544 g/mol. The van der Waals surface area contributed by atoms with E-state index in [1.54, 1.807) is 12.1 Å². The summed E-state index contributed by atoms with van der Waals surface area (Å²) in [7, 11) is -3.30. The van der Waals surface area contributed by atoms with Gasteiger partial charge in [0.2, 0.25) is 0 Å². The van der Waals surface area contributed by atoms with Crippen molar-refractivity contribution in [3.8, 4) is 5.75 Å². The molecule has 1 atom stereocenters. The molecule has 10 nitrogen and oxygen atoms in total. The summed E-state index contributed by atoms with van der Waals surface area (Å²) < 4.78 is 22.5. The summed E-state index contributed by atoms with van der Waals surface area (Å²) in [5, 5.41) is 23.5. The van der Waals surface area contributed by atoms with Crippen LogP contribution in [0.5, 0.6) is 5.75 Å². The van der Waals surface area contributed by atoms with Crippen molar-refractivity contribution in [1.82, 2.24) is 15.4 Å². The Bertz CT molecular complexity index is 1200. The van der Waals surface area contributed by atoms with Crippen molar-refractivity contribution in [2.45, 2.75) is 57.1 Å². The molecule has 35 heavy (non-hydrogen) atoms. The third-order valence-electron chi connectivity index (χ3n) is 4.52. The summed E-state index contributed by atoms with van der Waals surface area (Å²) in [5.74, 6) is -0.409. The minimum atomic E-state index is -3.30. The zero-order valence-electron chi connectivity index (χ0n) is 20.5. The topological polar surface area (TPSA) is 151 Å². The Kier molecular flexibility index (Phi) is 8.80. The first-order valence-electron chi connectivity index (χ1n) is 10.4. The SMILES string of the molecule is CC(C)(C)c1nc(C2=NNC(S(C)(=O)=O)S2)nc(C(C)(C)C)c1O.O=C(OO)c1cccc(Cl)c1. The van der Waals surface area contributed by atoms with Crippen LogP contribution in [0.3, 0.4) is 0 Å². The molecule has 1 aliphatic heterocycles. The summed E-state index contributed by atoms with van der Waals surface area (Å²) in [6, 6.07) is 6.11. The Hall–Kier alpha value is -2.41. The maximum Gasteiger partial charge on any atom is 0.372 e. The van der Waals surface area contributed by atoms with Gasteiger partial charge < -0.3 is 5.11 Å². The number of rotatable bonds is 3. The van der Waals surface area contributed by atoms with Gasteiger partial charge in [-0.25, -0.2) is 23.2 Å². The standard InChI is InChI=1S/C15H24N4O3S2.C7H5ClO3/c1-14(2,3)9-8(20)10(15(4,5)6)17-11(16-9)12-18-19-13(23-12)24(7,21)22;8-6-3-1-2-5(4-6)7(9)11-10/h13,19-20H,1-7H3;1-4,10H. The number of aromatic hydroxyl groups is 1. The van der Waals surface area contributed by atoms with E-state index in [1.807, 2.05) is 41.5 Å². The van der Waals surface area contributed by atoms with Crippen molar-refractivity contribution in [2.75, 3.05) is 6.26 Å². The summed E-state index contributed by atoms with van der Waals surface area (Å²) in [6.07, 6.45) is 1.15. The van der Waals surface area contributed by atoms with Crippen LogP contribution in [0.25, 0.3) is 0 Å². The molecular weight excluding hydrogens is 516 g/mol. The third-order valence-corrected chi connectivity index (χ3v) is 7.79. The number of carbonyl (C=O) groups excluding carboxylic acids is 1. The summed E-state index contributed by atoms with van der Waals surface area (Å²) in [5.41, 5.74) is 3.07. The van der Waals surface area contributed by atoms with Gasteiger partial charge in [0.1, 0.15) is 0 Å². The highest BCUT2D eigenvalue weighted by molar-refractivity contribution is 8.23. The Balaban J connectivity index is 0.000000328. The number of hydrogen-bond donors (Lipinski definition) is 3. The fourth-order valence-electron chi connectivity index (χ4n) is 2.82. The van der Waals surface area contributed by atoms with Crippen LogP contribution < -0.4 is 5.43 Å². The Morgan fingerprint density at radius 2 is 1.66 bits per heavy atom. The van der Waals surface area contributed by atoms with Gasteiger partial charge in [-0.15, -0.1) is 0 Å². The van der Waals surface area contributed by atoms with E-state index in [0.717, 1.165) is 18.0 Å². The Morgan fingerprint density at radius 3 is 2.06 bits per heavy atom. The molecule has 2 heterocycles. The van der Waals surface area contributed by atoms with Crippen LogP contribution in [0.1, 0.15) is 69.1 Å². The molecule has 0 saturated heterocycles. The molecule has 1 aromatic carbocycles. The van der Waals surface area contributed by atoms with Crippen molar-refractivity contribution in [3.05, 3.63) is 52.1 Å². The van der Waals surface area contributed by atoms with Gasteiger partial charge in [-0.05, 0) is 18.2 Å². The van der Waals surface area contributed by atoms with Crippen LogP contribution in [0.4, 0.5) is 0 Å². The lowest BCUT2D eigenvalue weighted by molar-refractivity contribution is -0.182. The second-order valence-electron chi connectivity index (χ2n) is 9.81. The number of sulfone groups is 1. The maximum absolute atomic E-state index is 11.7. The fourth-order valence-corrected chi connectivity index (χ4v) is 4.83. The molecular formula is C22H29ClN4O6S2. The lowest BCUT2D eigenvalue weighted by Gasteiger charge is -2.25. The lowest BCUT2D eigenvalue weighted by Crippen LogP contribution is -2.25. The van der Waals surface area contributed by atoms with Gasteiger partial charge in [0, 0.05) is 22.1 Å². The van der Waals surface area contributed by atoms with E-state index in [0.29, 0.717) is 27.3 Å². The van der Waals surface area contributed by atoms with Crippen LogP contribution in [-0.2, 0) is 25.6 Å². The summed E-state index contributed by atoms with van der Waals surface area (Å²) >= 11 is 6.62. The molecule has 13 heteroatoms. The van der Waals surface area contributed by atoms with Gasteiger partial charge in [-0.3, -0.25) is 10.3 Å². The van der Waals surface area contributed by atoms with E-state index in [-0.39, 0.29) is 11.3 Å². The van der Waals surface area contributed by atoms with Crippen LogP contribution in [-0.4, -0.2) is 50.7 Å². The van der Waals surface area contributed by atoms with Crippen molar-refractivity contribution in [2.24, 2.45) is 5.10 Å². The predicted octanol–water partition coefficient (Wildman–Crippen LogP) is 4.07. The second-order valence-corrected chi connectivity index (χ2v) is 13.8. The summed E-state index contributed by atoms with van der Waals surface area (Å²) in [6.45, 7) is 11.7. The van der Waals surface area contributed by atoms with Gasteiger partial charge in [0.15, 0.2) is 31.2 Å². The van der Waals surface area contributed by atoms with E-state index in [9.17, 15) is 18.3 Å². The van der Waals surface area contributed by atoms with E-state index >= 15 is 0 Å². The van der Waals surface area contributed by atoms with Crippen LogP contribution in [0, 0.1) is 0 Å². The van der Waals surface area contributed by atoms with Crippen LogP contribution in [0.15, 0.2) is 29.4 Å². The van der Waals surface area contributed by atoms with Gasteiger partial charge in [-0.2, -0.15) is 10.4 Å². The minimum absolute atomic E-state index is 0.0787. The number of nitrogens with one attached hydrogen (secondary N) is 1. The molecule has 1 aliphatic rings. The second kappa shape index (κ2) is 10.7. The molecule has 3 N–H and O–H groups in total. The van der Waals surface area contributed by atoms with Crippen molar-refractivity contribution >= 4 is 44.2 Å². The van der Waals surface area contributed by atoms with Crippen molar-refractivity contribution < 1.29 is 28.5 Å². The van der Waals surface area contributed by atoms with Gasteiger partial charge in [0.25, 0.3) is 0 Å².